The quantitative estimate of drug-likeness (QED) is 0.914. The summed E-state index contributed by atoms with van der Waals surface area (Å²) in [5.41, 5.74) is 2.12. The topological polar surface area (TPSA) is 53.6 Å². The molecular weight excluding hydrogens is 316 g/mol. The molecule has 0 spiro atoms. The minimum atomic E-state index is 0.396. The van der Waals surface area contributed by atoms with Gasteiger partial charge in [0, 0.05) is 23.4 Å². The van der Waals surface area contributed by atoms with E-state index in [4.69, 9.17) is 5.26 Å². The van der Waals surface area contributed by atoms with Crippen LogP contribution in [0.25, 0.3) is 5.69 Å². The van der Waals surface area contributed by atoms with Gasteiger partial charge < -0.3 is 5.32 Å². The summed E-state index contributed by atoms with van der Waals surface area (Å²) in [6.07, 6.45) is 3.46. The summed E-state index contributed by atoms with van der Waals surface area (Å²) in [7, 11) is 0. The Balaban J connectivity index is 2.32. The fraction of sp³-hybridized carbons (Fsp3) is 0.333. The Morgan fingerprint density at radius 1 is 1.45 bits per heavy atom. The fourth-order valence-corrected chi connectivity index (χ4v) is 2.34. The van der Waals surface area contributed by atoms with Gasteiger partial charge >= 0.3 is 0 Å². The summed E-state index contributed by atoms with van der Waals surface area (Å²) in [6.45, 7) is 6.09. The number of rotatable bonds is 5. The smallest absolute Gasteiger partial charge is 0.217 e. The summed E-state index contributed by atoms with van der Waals surface area (Å²) in [5, 5.41) is 12.5. The number of hydrogen-bond donors (Lipinski definition) is 1. The lowest BCUT2D eigenvalue weighted by Crippen LogP contribution is -2.20. The lowest BCUT2D eigenvalue weighted by Gasteiger charge is -2.13. The van der Waals surface area contributed by atoms with Crippen LogP contribution in [0.2, 0.25) is 0 Å². The van der Waals surface area contributed by atoms with Gasteiger partial charge in [0.1, 0.15) is 6.07 Å². The van der Waals surface area contributed by atoms with Crippen LogP contribution in [0.4, 0.5) is 0 Å². The number of hydrogen-bond acceptors (Lipinski definition) is 3. The molecule has 1 aromatic heterocycles. The number of aromatic nitrogens is 2. The SMILES string of the molecule is CC(C)CNCc1ccc(Br)cc1-n1ccnc1C#N. The highest BCUT2D eigenvalue weighted by Gasteiger charge is 2.09. The number of nitrogens with zero attached hydrogens (tertiary/aromatic N) is 3. The lowest BCUT2D eigenvalue weighted by atomic mass is 10.1. The molecule has 2 rings (SSSR count). The standard InChI is InChI=1S/C15H17BrN4/c1-11(2)9-18-10-12-3-4-13(16)7-14(12)20-6-5-19-15(20)8-17/h3-7,11,18H,9-10H2,1-2H3. The van der Waals surface area contributed by atoms with Gasteiger partial charge in [0.15, 0.2) is 0 Å². The third-order valence-corrected chi connectivity index (χ3v) is 3.41. The van der Waals surface area contributed by atoms with E-state index in [0.717, 1.165) is 28.8 Å². The highest BCUT2D eigenvalue weighted by Crippen LogP contribution is 2.21. The second-order valence-electron chi connectivity index (χ2n) is 5.03. The molecule has 0 unspecified atom stereocenters. The second-order valence-corrected chi connectivity index (χ2v) is 5.95. The third-order valence-electron chi connectivity index (χ3n) is 2.92. The molecule has 0 atom stereocenters. The molecule has 5 heteroatoms. The molecule has 0 saturated heterocycles. The molecule has 0 radical (unpaired) electrons. The van der Waals surface area contributed by atoms with Gasteiger partial charge in [-0.05, 0) is 30.2 Å². The third kappa shape index (κ3) is 3.47. The van der Waals surface area contributed by atoms with Gasteiger partial charge in [-0.1, -0.05) is 35.8 Å². The molecule has 20 heavy (non-hydrogen) atoms. The van der Waals surface area contributed by atoms with Crippen molar-refractivity contribution in [1.29, 1.82) is 5.26 Å². The summed E-state index contributed by atoms with van der Waals surface area (Å²) in [5.74, 6) is 1.00. The molecule has 0 fully saturated rings. The zero-order valence-corrected chi connectivity index (χ0v) is 13.2. The van der Waals surface area contributed by atoms with Crippen LogP contribution >= 0.6 is 15.9 Å². The van der Waals surface area contributed by atoms with E-state index in [9.17, 15) is 0 Å². The number of halogens is 1. The number of nitrogens with one attached hydrogen (secondary N) is 1. The normalized spacial score (nSPS) is 10.8. The van der Waals surface area contributed by atoms with Crippen LogP contribution in [-0.2, 0) is 6.54 Å². The van der Waals surface area contributed by atoms with E-state index in [2.05, 4.69) is 52.2 Å². The van der Waals surface area contributed by atoms with Gasteiger partial charge in [-0.15, -0.1) is 0 Å². The van der Waals surface area contributed by atoms with E-state index in [1.54, 1.807) is 6.20 Å². The first-order valence-electron chi connectivity index (χ1n) is 6.54. The Labute approximate surface area is 127 Å². The first-order chi connectivity index (χ1) is 9.61. The minimum Gasteiger partial charge on any atom is -0.312 e. The molecule has 0 aliphatic carbocycles. The van der Waals surface area contributed by atoms with Crippen molar-refractivity contribution in [2.45, 2.75) is 20.4 Å². The summed E-state index contributed by atoms with van der Waals surface area (Å²) >= 11 is 3.48. The molecule has 0 amide bonds. The van der Waals surface area contributed by atoms with Crippen molar-refractivity contribution in [3.63, 3.8) is 0 Å². The molecule has 4 nitrogen and oxygen atoms in total. The monoisotopic (exact) mass is 332 g/mol. The van der Waals surface area contributed by atoms with Crippen LogP contribution in [0.5, 0.6) is 0 Å². The fourth-order valence-electron chi connectivity index (χ4n) is 1.99. The molecule has 0 aliphatic rings. The summed E-state index contributed by atoms with van der Waals surface area (Å²) in [6, 6.07) is 8.20. The van der Waals surface area contributed by atoms with Crippen molar-refractivity contribution >= 4 is 15.9 Å². The predicted molar refractivity (Wildman–Crippen MR) is 82.5 cm³/mol. The van der Waals surface area contributed by atoms with Gasteiger partial charge in [-0.25, -0.2) is 4.98 Å². The first kappa shape index (κ1) is 14.8. The summed E-state index contributed by atoms with van der Waals surface area (Å²) < 4.78 is 2.80. The molecule has 1 aromatic carbocycles. The van der Waals surface area contributed by atoms with E-state index in [0.29, 0.717) is 11.7 Å². The van der Waals surface area contributed by atoms with Crippen molar-refractivity contribution in [2.75, 3.05) is 6.54 Å². The van der Waals surface area contributed by atoms with Crippen LogP contribution in [0.3, 0.4) is 0 Å². The van der Waals surface area contributed by atoms with Crippen molar-refractivity contribution in [3.8, 4) is 11.8 Å². The largest absolute Gasteiger partial charge is 0.312 e. The van der Waals surface area contributed by atoms with Gasteiger partial charge in [0.05, 0.1) is 5.69 Å². The minimum absolute atomic E-state index is 0.396. The second kappa shape index (κ2) is 6.69. The van der Waals surface area contributed by atoms with Crippen molar-refractivity contribution in [1.82, 2.24) is 14.9 Å². The van der Waals surface area contributed by atoms with E-state index in [-0.39, 0.29) is 0 Å². The first-order valence-corrected chi connectivity index (χ1v) is 7.34. The molecule has 1 heterocycles. The van der Waals surface area contributed by atoms with Crippen LogP contribution in [0.1, 0.15) is 25.2 Å². The zero-order chi connectivity index (χ0) is 14.5. The van der Waals surface area contributed by atoms with Gasteiger partial charge in [-0.2, -0.15) is 5.26 Å². The van der Waals surface area contributed by atoms with Crippen LogP contribution in [0.15, 0.2) is 35.1 Å². The summed E-state index contributed by atoms with van der Waals surface area (Å²) in [4.78, 5) is 4.06. The Bertz CT molecular complexity index is 625. The highest BCUT2D eigenvalue weighted by molar-refractivity contribution is 9.10. The lowest BCUT2D eigenvalue weighted by molar-refractivity contribution is 0.551. The molecule has 104 valence electrons. The highest BCUT2D eigenvalue weighted by atomic mass is 79.9. The van der Waals surface area contributed by atoms with Crippen molar-refractivity contribution in [3.05, 3.63) is 46.5 Å². The number of benzene rings is 1. The van der Waals surface area contributed by atoms with E-state index >= 15 is 0 Å². The average molecular weight is 333 g/mol. The van der Waals surface area contributed by atoms with E-state index in [1.807, 2.05) is 22.9 Å². The maximum atomic E-state index is 9.12. The van der Waals surface area contributed by atoms with Crippen LogP contribution < -0.4 is 5.32 Å². The Morgan fingerprint density at radius 3 is 2.95 bits per heavy atom. The number of nitriles is 1. The molecule has 2 aromatic rings. The average Bonchev–Trinajstić information content (AvgIpc) is 2.88. The number of imidazole rings is 1. The van der Waals surface area contributed by atoms with E-state index < -0.39 is 0 Å². The Morgan fingerprint density at radius 2 is 2.25 bits per heavy atom. The molecule has 0 bridgehead atoms. The predicted octanol–water partition coefficient (Wildman–Crippen LogP) is 3.25. The zero-order valence-electron chi connectivity index (χ0n) is 11.6. The maximum Gasteiger partial charge on any atom is 0.217 e. The molecule has 0 saturated carbocycles. The van der Waals surface area contributed by atoms with Gasteiger partial charge in [0.2, 0.25) is 5.82 Å². The van der Waals surface area contributed by atoms with Crippen molar-refractivity contribution < 1.29 is 0 Å². The van der Waals surface area contributed by atoms with Crippen molar-refractivity contribution in [2.24, 2.45) is 5.92 Å². The Kier molecular flexibility index (Phi) is 4.94. The van der Waals surface area contributed by atoms with Crippen LogP contribution in [0, 0.1) is 17.2 Å². The van der Waals surface area contributed by atoms with Gasteiger partial charge in [0.25, 0.3) is 0 Å². The van der Waals surface area contributed by atoms with Gasteiger partial charge in [-0.3, -0.25) is 4.57 Å². The molecule has 0 aliphatic heterocycles. The maximum absolute atomic E-state index is 9.12. The Hall–Kier alpha value is -1.64. The molecular formula is C15H17BrN4. The molecule has 1 N–H and O–H groups in total. The van der Waals surface area contributed by atoms with E-state index in [1.165, 1.54) is 0 Å². The van der Waals surface area contributed by atoms with Crippen LogP contribution in [-0.4, -0.2) is 16.1 Å².